The van der Waals surface area contributed by atoms with Crippen molar-refractivity contribution >= 4 is 33.0 Å². The molecule has 2 aromatic rings. The maximum atomic E-state index is 13.0. The zero-order valence-electron chi connectivity index (χ0n) is 12.8. The summed E-state index contributed by atoms with van der Waals surface area (Å²) < 4.78 is 27.6. The number of fused-ring (bicyclic) bond motifs is 1. The van der Waals surface area contributed by atoms with Gasteiger partial charge in [-0.3, -0.25) is 9.10 Å². The van der Waals surface area contributed by atoms with Crippen LogP contribution in [0.3, 0.4) is 0 Å². The van der Waals surface area contributed by atoms with Crippen molar-refractivity contribution in [1.29, 1.82) is 0 Å². The lowest BCUT2D eigenvalue weighted by atomic mass is 9.91. The molecule has 4 rings (SSSR count). The van der Waals surface area contributed by atoms with Gasteiger partial charge in [0, 0.05) is 12.5 Å². The van der Waals surface area contributed by atoms with Gasteiger partial charge in [-0.15, -0.1) is 11.3 Å². The number of benzene rings is 1. The van der Waals surface area contributed by atoms with Gasteiger partial charge < -0.3 is 5.11 Å². The van der Waals surface area contributed by atoms with Gasteiger partial charge in [-0.05, 0) is 30.9 Å². The fraction of sp³-hybridized carbons (Fsp3) is 0.375. The average Bonchev–Trinajstić information content (AvgIpc) is 3.29. The third-order valence-electron chi connectivity index (χ3n) is 4.47. The molecule has 1 unspecified atom stereocenters. The van der Waals surface area contributed by atoms with Crippen LogP contribution in [0.4, 0.5) is 5.69 Å². The Kier molecular flexibility index (Phi) is 3.61. The van der Waals surface area contributed by atoms with Crippen molar-refractivity contribution in [3.8, 4) is 0 Å². The highest BCUT2D eigenvalue weighted by atomic mass is 32.2. The molecule has 24 heavy (non-hydrogen) atoms. The number of rotatable bonds is 4. The molecule has 1 aromatic heterocycles. The molecule has 126 valence electrons. The van der Waals surface area contributed by atoms with Crippen LogP contribution in [-0.2, 0) is 14.8 Å². The van der Waals surface area contributed by atoms with E-state index in [1.807, 2.05) is 0 Å². The molecule has 2 heterocycles. The van der Waals surface area contributed by atoms with E-state index in [0.29, 0.717) is 17.2 Å². The van der Waals surface area contributed by atoms with Gasteiger partial charge in [-0.1, -0.05) is 18.2 Å². The summed E-state index contributed by atoms with van der Waals surface area (Å²) in [5, 5.41) is 10.3. The van der Waals surface area contributed by atoms with Crippen LogP contribution in [-0.4, -0.2) is 31.0 Å². The first-order chi connectivity index (χ1) is 11.5. The highest BCUT2D eigenvalue weighted by Gasteiger charge is 2.37. The van der Waals surface area contributed by atoms with Gasteiger partial charge in [0.2, 0.25) is 0 Å². The monoisotopic (exact) mass is 364 g/mol. The molecule has 0 saturated heterocycles. The molecule has 1 saturated carbocycles. The number of sulfonamides is 1. The number of thiazole rings is 1. The Morgan fingerprint density at radius 1 is 1.25 bits per heavy atom. The van der Waals surface area contributed by atoms with Gasteiger partial charge >= 0.3 is 5.97 Å². The maximum absolute atomic E-state index is 13.0. The summed E-state index contributed by atoms with van der Waals surface area (Å²) in [6.07, 6.45) is 3.83. The summed E-state index contributed by atoms with van der Waals surface area (Å²) in [6, 6.07) is 6.83. The molecule has 2 aliphatic rings. The molecule has 1 N–H and O–H groups in total. The highest BCUT2D eigenvalue weighted by molar-refractivity contribution is 7.94. The Labute approximate surface area is 143 Å². The number of aromatic nitrogens is 1. The van der Waals surface area contributed by atoms with Crippen LogP contribution in [0, 0.1) is 0 Å². The number of nitrogens with zero attached hydrogens (tertiary/aromatic N) is 2. The summed E-state index contributed by atoms with van der Waals surface area (Å²) in [5.74, 6) is -1.19. The Morgan fingerprint density at radius 3 is 2.71 bits per heavy atom. The highest BCUT2D eigenvalue weighted by Crippen LogP contribution is 2.44. The van der Waals surface area contributed by atoms with E-state index in [1.54, 1.807) is 24.3 Å². The topological polar surface area (TPSA) is 87.6 Å². The van der Waals surface area contributed by atoms with Crippen LogP contribution in [0.25, 0.3) is 0 Å². The molecule has 1 fully saturated rings. The summed E-state index contributed by atoms with van der Waals surface area (Å²) >= 11 is 1.23. The standard InChI is InChI=1S/C16H16N2O4S2/c19-16(20)12-7-8-18(13-4-2-1-3-11(12)13)24(21,22)14-9-17-15(23-14)10-5-6-10/h1-4,9-10,12H,5-8H2,(H,19,20). The second kappa shape index (κ2) is 5.56. The van der Waals surface area contributed by atoms with E-state index in [4.69, 9.17) is 0 Å². The van der Waals surface area contributed by atoms with Gasteiger partial charge in [-0.25, -0.2) is 13.4 Å². The minimum absolute atomic E-state index is 0.160. The van der Waals surface area contributed by atoms with Crippen LogP contribution in [0.5, 0.6) is 0 Å². The number of anilines is 1. The Morgan fingerprint density at radius 2 is 2.00 bits per heavy atom. The maximum Gasteiger partial charge on any atom is 0.311 e. The first-order valence-corrected chi connectivity index (χ1v) is 10.0. The molecule has 0 radical (unpaired) electrons. The first-order valence-electron chi connectivity index (χ1n) is 7.78. The number of carbonyl (C=O) groups is 1. The third kappa shape index (κ3) is 2.50. The zero-order chi connectivity index (χ0) is 16.9. The number of carboxylic acid groups (broad SMARTS) is 1. The molecule has 0 amide bonds. The van der Waals surface area contributed by atoms with Crippen molar-refractivity contribution in [3.63, 3.8) is 0 Å². The molecular formula is C16H16N2O4S2. The average molecular weight is 364 g/mol. The zero-order valence-corrected chi connectivity index (χ0v) is 14.4. The fourth-order valence-electron chi connectivity index (χ4n) is 3.06. The van der Waals surface area contributed by atoms with Gasteiger partial charge in [0.15, 0.2) is 4.21 Å². The summed E-state index contributed by atoms with van der Waals surface area (Å²) in [6.45, 7) is 0.160. The second-order valence-electron chi connectivity index (χ2n) is 6.11. The lowest BCUT2D eigenvalue weighted by molar-refractivity contribution is -0.139. The number of aliphatic carboxylic acids is 1. The van der Waals surface area contributed by atoms with Crippen molar-refractivity contribution in [2.45, 2.75) is 35.3 Å². The van der Waals surface area contributed by atoms with Crippen LogP contribution in [0.15, 0.2) is 34.7 Å². The SMILES string of the molecule is O=C(O)C1CCN(S(=O)(=O)c2cnc(C3CC3)s2)c2ccccc21. The van der Waals surface area contributed by atoms with Gasteiger partial charge in [0.1, 0.15) is 0 Å². The molecule has 1 aliphatic carbocycles. The lowest BCUT2D eigenvalue weighted by Gasteiger charge is -2.32. The van der Waals surface area contributed by atoms with E-state index in [9.17, 15) is 18.3 Å². The van der Waals surface area contributed by atoms with E-state index in [1.165, 1.54) is 21.8 Å². The summed E-state index contributed by atoms with van der Waals surface area (Å²) in [5.41, 5.74) is 1.00. The Hall–Kier alpha value is -1.93. The molecule has 1 aromatic carbocycles. The summed E-state index contributed by atoms with van der Waals surface area (Å²) in [4.78, 5) is 15.7. The van der Waals surface area contributed by atoms with Gasteiger partial charge in [0.05, 0.1) is 22.8 Å². The first kappa shape index (κ1) is 15.6. The van der Waals surface area contributed by atoms with Crippen LogP contribution in [0.2, 0.25) is 0 Å². The van der Waals surface area contributed by atoms with Crippen molar-refractivity contribution in [2.24, 2.45) is 0 Å². The third-order valence-corrected chi connectivity index (χ3v) is 7.88. The molecule has 6 nitrogen and oxygen atoms in total. The summed E-state index contributed by atoms with van der Waals surface area (Å²) in [7, 11) is -3.71. The van der Waals surface area contributed by atoms with Gasteiger partial charge in [-0.2, -0.15) is 0 Å². The predicted octanol–water partition coefficient (Wildman–Crippen LogP) is 2.79. The number of hydrogen-bond donors (Lipinski definition) is 1. The largest absolute Gasteiger partial charge is 0.481 e. The minimum Gasteiger partial charge on any atom is -0.481 e. The lowest BCUT2D eigenvalue weighted by Crippen LogP contribution is -2.37. The fourth-order valence-corrected chi connectivity index (χ4v) is 6.00. The van der Waals surface area contributed by atoms with Crippen molar-refractivity contribution < 1.29 is 18.3 Å². The molecular weight excluding hydrogens is 348 g/mol. The van der Waals surface area contributed by atoms with E-state index in [0.717, 1.165) is 17.8 Å². The second-order valence-corrected chi connectivity index (χ2v) is 9.26. The van der Waals surface area contributed by atoms with E-state index >= 15 is 0 Å². The van der Waals surface area contributed by atoms with Crippen molar-refractivity contribution in [2.75, 3.05) is 10.8 Å². The predicted molar refractivity (Wildman–Crippen MR) is 90.1 cm³/mol. The normalized spacial score (nSPS) is 20.7. The molecule has 1 aliphatic heterocycles. The van der Waals surface area contributed by atoms with E-state index < -0.39 is 21.9 Å². The van der Waals surface area contributed by atoms with Crippen molar-refractivity contribution in [1.82, 2.24) is 4.98 Å². The minimum atomic E-state index is -3.71. The molecule has 8 heteroatoms. The molecule has 1 atom stereocenters. The van der Waals surface area contributed by atoms with Crippen LogP contribution < -0.4 is 4.31 Å². The van der Waals surface area contributed by atoms with Crippen molar-refractivity contribution in [3.05, 3.63) is 41.0 Å². The van der Waals surface area contributed by atoms with Crippen LogP contribution >= 0.6 is 11.3 Å². The number of carboxylic acids is 1. The van der Waals surface area contributed by atoms with E-state index in [-0.39, 0.29) is 17.2 Å². The Bertz CT molecular complexity index is 902. The molecule has 0 spiro atoms. The number of hydrogen-bond acceptors (Lipinski definition) is 5. The molecule has 0 bridgehead atoms. The van der Waals surface area contributed by atoms with E-state index in [2.05, 4.69) is 4.98 Å². The number of para-hydroxylation sites is 1. The quantitative estimate of drug-likeness (QED) is 0.901. The van der Waals surface area contributed by atoms with Crippen LogP contribution in [0.1, 0.15) is 41.7 Å². The Balaban J connectivity index is 1.74. The smallest absolute Gasteiger partial charge is 0.311 e. The van der Waals surface area contributed by atoms with Gasteiger partial charge in [0.25, 0.3) is 10.0 Å².